The van der Waals surface area contributed by atoms with E-state index in [2.05, 4.69) is 170 Å². The smallest absolute Gasteiger partial charge is 0.0255 e. The van der Waals surface area contributed by atoms with E-state index < -0.39 is 0 Å². The minimum absolute atomic E-state index is 0. The Balaban J connectivity index is 0.000000203. The Bertz CT molecular complexity index is 3170. The highest BCUT2D eigenvalue weighted by Gasteiger charge is 2.60. The molecule has 16 atom stereocenters. The molecule has 2 aromatic carbocycles. The summed E-state index contributed by atoms with van der Waals surface area (Å²) in [6.45, 7) is 20.6. The SMILES string of the molecule is BrC#CC#Cc1ccccc1.C#CCC[C@@H](C)[C@H]1CC[C@H]2[C@@H]3CC=C4C[C@@H](C)CC[C@]4(C)[C@H]3CC[C@]12C.C[C@H]1CC[C@@]2(C)C(=CC[C@H]3[C@@H]4CC[C@H]([C@H](C)CCC#CC#CC#Cc5ccccc5)[C@@]4(C)CC[C@@H]32)C1.S=S=S=S=S=S=S=S.[B]. The van der Waals surface area contributed by atoms with Crippen LogP contribution < -0.4 is 0 Å². The minimum atomic E-state index is 0. The molecule has 0 aromatic heterocycles. The lowest BCUT2D eigenvalue weighted by Crippen LogP contribution is -2.50. The van der Waals surface area contributed by atoms with Crippen molar-refractivity contribution in [3.63, 3.8) is 0 Å². The van der Waals surface area contributed by atoms with Gasteiger partial charge in [-0.1, -0.05) is 133 Å². The monoisotopic (exact) mass is 1300 g/mol. The van der Waals surface area contributed by atoms with Crippen molar-refractivity contribution in [3.8, 4) is 70.5 Å². The zero-order chi connectivity index (χ0) is 57.9. The van der Waals surface area contributed by atoms with E-state index in [1.807, 2.05) is 71.8 Å². The average molecular weight is 1300 g/mol. The molecular formula is C72H89BBrS8. The molecule has 0 unspecified atom stereocenters. The van der Waals surface area contributed by atoms with Crippen molar-refractivity contribution in [3.05, 3.63) is 95.1 Å². The first-order valence-electron chi connectivity index (χ1n) is 30.4. The van der Waals surface area contributed by atoms with Crippen LogP contribution in [-0.4, -0.2) is 8.41 Å². The lowest BCUT2D eigenvalue weighted by molar-refractivity contribution is -0.0520. The number of benzene rings is 2. The van der Waals surface area contributed by atoms with Crippen molar-refractivity contribution in [2.75, 3.05) is 0 Å². The third kappa shape index (κ3) is 17.2. The third-order valence-electron chi connectivity index (χ3n) is 22.2. The number of allylic oxidation sites excluding steroid dienone is 4. The van der Waals surface area contributed by atoms with E-state index in [-0.39, 0.29) is 8.41 Å². The third-order valence-corrected chi connectivity index (χ3v) is 33.5. The van der Waals surface area contributed by atoms with Crippen molar-refractivity contribution in [2.24, 2.45) is 92.7 Å². The van der Waals surface area contributed by atoms with Crippen LogP contribution in [0.3, 0.4) is 0 Å². The molecule has 3 radical (unpaired) electrons. The van der Waals surface area contributed by atoms with Crippen LogP contribution in [0.1, 0.15) is 195 Å². The molecule has 0 nitrogen and oxygen atoms in total. The molecule has 0 aliphatic heterocycles. The number of halogens is 1. The van der Waals surface area contributed by atoms with Crippen LogP contribution in [0.25, 0.3) is 0 Å². The number of terminal acetylenes is 1. The maximum atomic E-state index is 5.56. The van der Waals surface area contributed by atoms with Crippen LogP contribution in [-0.2, 0) is 75.7 Å². The molecule has 0 spiro atoms. The van der Waals surface area contributed by atoms with Gasteiger partial charge in [0.25, 0.3) is 0 Å². The van der Waals surface area contributed by atoms with Gasteiger partial charge in [-0.25, -0.2) is 0 Å². The summed E-state index contributed by atoms with van der Waals surface area (Å²) in [5.74, 6) is 40.0. The summed E-state index contributed by atoms with van der Waals surface area (Å²) in [5, 5.41) is 0. The summed E-state index contributed by atoms with van der Waals surface area (Å²) in [6.07, 6.45) is 38.3. The number of hydrogen-bond acceptors (Lipinski definition) is 2. The zero-order valence-electron chi connectivity index (χ0n) is 50.3. The second-order valence-electron chi connectivity index (χ2n) is 26.3. The van der Waals surface area contributed by atoms with Crippen LogP contribution >= 0.6 is 15.9 Å². The van der Waals surface area contributed by atoms with Gasteiger partial charge in [-0.05, 0) is 273 Å². The second-order valence-corrected chi connectivity index (χ2v) is 37.3. The van der Waals surface area contributed by atoms with E-state index in [1.165, 1.54) is 133 Å². The highest BCUT2D eigenvalue weighted by molar-refractivity contribution is 9.12. The van der Waals surface area contributed by atoms with Crippen LogP contribution in [0.15, 0.2) is 84.0 Å². The molecule has 10 rings (SSSR count). The Morgan fingerprint density at radius 3 is 1.43 bits per heavy atom. The largest absolute Gasteiger partial charge is 0.120 e. The second kappa shape index (κ2) is 33.6. The number of fused-ring (bicyclic) bond motifs is 10. The molecule has 0 amide bonds. The van der Waals surface area contributed by atoms with Gasteiger partial charge in [0.2, 0.25) is 0 Å². The Morgan fingerprint density at radius 1 is 0.549 bits per heavy atom. The van der Waals surface area contributed by atoms with Gasteiger partial charge in [0, 0.05) is 124 Å². The zero-order valence-corrected chi connectivity index (χ0v) is 58.4. The highest BCUT2D eigenvalue weighted by atomic mass is 79.9. The summed E-state index contributed by atoms with van der Waals surface area (Å²) in [5.41, 5.74) is 7.82. The van der Waals surface area contributed by atoms with Gasteiger partial charge in [-0.3, -0.25) is 0 Å². The van der Waals surface area contributed by atoms with E-state index in [0.717, 1.165) is 95.0 Å². The molecule has 0 saturated heterocycles. The van der Waals surface area contributed by atoms with E-state index in [1.54, 1.807) is 35.5 Å². The van der Waals surface area contributed by atoms with E-state index in [4.69, 9.17) is 6.42 Å². The molecule has 0 N–H and O–H groups in total. The van der Waals surface area contributed by atoms with Crippen LogP contribution in [0.5, 0.6) is 0 Å². The van der Waals surface area contributed by atoms with Crippen LogP contribution in [0.2, 0.25) is 0 Å². The van der Waals surface area contributed by atoms with Gasteiger partial charge >= 0.3 is 0 Å². The van der Waals surface area contributed by atoms with Gasteiger partial charge in [-0.15, -0.1) is 12.3 Å². The highest BCUT2D eigenvalue weighted by Crippen LogP contribution is 2.69. The van der Waals surface area contributed by atoms with Crippen molar-refractivity contribution >= 4 is 100 Å². The molecule has 2 aromatic rings. The van der Waals surface area contributed by atoms with Crippen molar-refractivity contribution in [2.45, 2.75) is 184 Å². The Hall–Kier alpha value is -2.42. The molecule has 0 heterocycles. The molecule has 6 saturated carbocycles. The molecular weight excluding hydrogens is 1210 g/mol. The quantitative estimate of drug-likeness (QED) is 0.161. The van der Waals surface area contributed by atoms with Crippen LogP contribution in [0, 0.1) is 163 Å². The molecule has 8 aliphatic rings. The van der Waals surface area contributed by atoms with Gasteiger partial charge in [0.1, 0.15) is 0 Å². The Morgan fingerprint density at radius 2 is 0.988 bits per heavy atom. The fourth-order valence-electron chi connectivity index (χ4n) is 18.1. The van der Waals surface area contributed by atoms with E-state index in [0.29, 0.717) is 21.7 Å². The fourth-order valence-corrected chi connectivity index (χ4v) is 29.2. The van der Waals surface area contributed by atoms with Crippen LogP contribution in [0.4, 0.5) is 0 Å². The molecule has 6 fully saturated rings. The predicted molar refractivity (Wildman–Crippen MR) is 378 cm³/mol. The first-order valence-corrected chi connectivity index (χ1v) is 40.6. The van der Waals surface area contributed by atoms with E-state index >= 15 is 0 Å². The normalized spacial score (nSPS) is 33.3. The standard InChI is InChI=1S/C36H44.C26H40.C10H5Br.B.S8/c1-27-22-24-35(3)30(26-27)18-19-31-33-21-20-32(36(33,4)25-23-34(31)35)28(2)14-10-7-5-6-8-11-15-29-16-12-9-13-17-29;1-6-7-8-19(3)22-11-12-23-21-10-9-20-17-18(2)13-15-25(20,4)24(21)14-16-26(22,23)5;11-9-5-4-8-10-6-2-1-3-7-10;;1-3-5-7-8-6-4-2/h9,12-13,16-18,27-28,31-34H,10,14,19-26H2,1-4H3;1,9,18-19,21-24H,7-8,10-17H2,2-5H3;1-3,6-7H;;/t27-,28+,31-,32+,33-,34-,35-,36+;18-,19+,21-,22+,23-,24-,25-,26+;;;/m00.../s1. The van der Waals surface area contributed by atoms with Gasteiger partial charge in [0.15, 0.2) is 0 Å². The van der Waals surface area contributed by atoms with Gasteiger partial charge < -0.3 is 0 Å². The molecule has 82 heavy (non-hydrogen) atoms. The molecule has 8 aliphatic carbocycles. The first-order chi connectivity index (χ1) is 39.2. The Kier molecular flexibility index (Phi) is 28.2. The maximum Gasteiger partial charge on any atom is 0.0255 e. The predicted octanol–water partition coefficient (Wildman–Crippen LogP) is 17.9. The summed E-state index contributed by atoms with van der Waals surface area (Å²) in [4.78, 5) is 2.53. The average Bonchev–Trinajstić information content (AvgIpc) is 1.86. The van der Waals surface area contributed by atoms with Gasteiger partial charge in [0.05, 0.1) is 0 Å². The lowest BCUT2D eigenvalue weighted by Gasteiger charge is -2.58. The molecule has 10 heteroatoms. The minimum Gasteiger partial charge on any atom is -0.120 e. The molecule has 0 bridgehead atoms. The summed E-state index contributed by atoms with van der Waals surface area (Å²) in [7, 11) is 9.12. The van der Waals surface area contributed by atoms with Gasteiger partial charge in [-0.2, -0.15) is 0 Å². The Labute approximate surface area is 536 Å². The first kappa shape index (κ1) is 68.7. The topological polar surface area (TPSA) is 0 Å². The number of rotatable bonds is 6. The number of hydrogen-bond donors (Lipinski definition) is 0. The fraction of sp³-hybridized carbons (Fsp3) is 0.611. The summed E-state index contributed by atoms with van der Waals surface area (Å²) in [6, 6.07) is 19.7. The van der Waals surface area contributed by atoms with E-state index in [9.17, 15) is 0 Å². The maximum absolute atomic E-state index is 5.56. The van der Waals surface area contributed by atoms with Crippen molar-refractivity contribution in [1.29, 1.82) is 0 Å². The summed E-state index contributed by atoms with van der Waals surface area (Å²) < 4.78 is 0. The summed E-state index contributed by atoms with van der Waals surface area (Å²) >= 11 is 12.2. The van der Waals surface area contributed by atoms with Crippen molar-refractivity contribution in [1.82, 2.24) is 0 Å². The lowest BCUT2D eigenvalue weighted by atomic mass is 9.46. The molecule has 435 valence electrons. The van der Waals surface area contributed by atoms with Crippen molar-refractivity contribution < 1.29 is 0 Å².